The number of hydrogen-bond acceptors (Lipinski definition) is 3. The van der Waals surface area contributed by atoms with Crippen molar-refractivity contribution in [1.29, 1.82) is 0 Å². The van der Waals surface area contributed by atoms with Gasteiger partial charge in [-0.25, -0.2) is 0 Å². The molecule has 2 aromatic rings. The lowest BCUT2D eigenvalue weighted by Crippen LogP contribution is -2.16. The first kappa shape index (κ1) is 17.0. The zero-order valence-corrected chi connectivity index (χ0v) is 13.2. The highest BCUT2D eigenvalue weighted by Gasteiger charge is 2.20. The first-order valence-electron chi connectivity index (χ1n) is 6.62. The number of rotatable bonds is 5. The van der Waals surface area contributed by atoms with E-state index in [9.17, 15) is 13.6 Å². The molecule has 2 aromatic carbocycles. The number of alkyl halides is 2. The van der Waals surface area contributed by atoms with Gasteiger partial charge >= 0.3 is 6.61 Å². The maximum absolute atomic E-state index is 12.6. The first-order valence-corrected chi connectivity index (χ1v) is 7.00. The molecular weight excluding hydrogens is 328 g/mol. The summed E-state index contributed by atoms with van der Waals surface area (Å²) in [5.41, 5.74) is 1.08. The monoisotopic (exact) mass is 341 g/mol. The Labute approximate surface area is 137 Å². The summed E-state index contributed by atoms with van der Waals surface area (Å²) < 4.78 is 34.6. The molecule has 0 unspecified atom stereocenters. The molecule has 2 rings (SSSR count). The number of anilines is 1. The van der Waals surface area contributed by atoms with E-state index in [1.165, 1.54) is 25.3 Å². The van der Waals surface area contributed by atoms with Gasteiger partial charge in [-0.2, -0.15) is 8.78 Å². The molecule has 0 aliphatic rings. The number of carbonyl (C=O) groups excluding carboxylic acids is 1. The molecule has 0 atom stereocenters. The molecule has 1 amide bonds. The Morgan fingerprint density at radius 1 is 1.22 bits per heavy atom. The second-order valence-corrected chi connectivity index (χ2v) is 4.99. The van der Waals surface area contributed by atoms with Crippen LogP contribution < -0.4 is 14.8 Å². The lowest BCUT2D eigenvalue weighted by molar-refractivity contribution is -0.0515. The van der Waals surface area contributed by atoms with Gasteiger partial charge in [0.1, 0.15) is 0 Å². The maximum atomic E-state index is 12.6. The van der Waals surface area contributed by atoms with E-state index in [2.05, 4.69) is 10.1 Å². The molecule has 122 valence electrons. The van der Waals surface area contributed by atoms with Gasteiger partial charge < -0.3 is 14.8 Å². The zero-order valence-electron chi connectivity index (χ0n) is 12.4. The van der Waals surface area contributed by atoms with Crippen LogP contribution in [0.5, 0.6) is 11.5 Å². The highest BCUT2D eigenvalue weighted by Crippen LogP contribution is 2.33. The molecule has 0 heterocycles. The fraction of sp³-hybridized carbons (Fsp3) is 0.188. The van der Waals surface area contributed by atoms with Gasteiger partial charge in [-0.1, -0.05) is 23.7 Å². The van der Waals surface area contributed by atoms with Crippen LogP contribution in [0.3, 0.4) is 0 Å². The van der Waals surface area contributed by atoms with Crippen molar-refractivity contribution in [3.05, 3.63) is 52.5 Å². The fourth-order valence-corrected chi connectivity index (χ4v) is 2.17. The van der Waals surface area contributed by atoms with E-state index in [1.807, 2.05) is 0 Å². The molecule has 0 saturated carbocycles. The van der Waals surface area contributed by atoms with E-state index in [1.54, 1.807) is 25.1 Å². The first-order chi connectivity index (χ1) is 10.9. The largest absolute Gasteiger partial charge is 0.493 e. The number of halogens is 3. The normalized spacial score (nSPS) is 10.5. The summed E-state index contributed by atoms with van der Waals surface area (Å²) in [4.78, 5) is 12.4. The van der Waals surface area contributed by atoms with E-state index in [-0.39, 0.29) is 17.1 Å². The van der Waals surface area contributed by atoms with Gasteiger partial charge in [0.05, 0.1) is 12.7 Å². The number of benzene rings is 2. The average Bonchev–Trinajstić information content (AvgIpc) is 2.51. The average molecular weight is 342 g/mol. The van der Waals surface area contributed by atoms with E-state index in [0.717, 1.165) is 0 Å². The summed E-state index contributed by atoms with van der Waals surface area (Å²) in [5.74, 6) is -0.882. The maximum Gasteiger partial charge on any atom is 0.387 e. The second kappa shape index (κ2) is 7.28. The number of amides is 1. The van der Waals surface area contributed by atoms with Crippen molar-refractivity contribution < 1.29 is 23.0 Å². The van der Waals surface area contributed by atoms with Crippen LogP contribution in [-0.2, 0) is 0 Å². The standard InChI is InChI=1S/C16H14ClF2NO3/c1-9-11(17)6-4-7-12(9)20-15(21)10-5-3-8-13(22-2)14(10)23-16(18)19/h3-8,16H,1-2H3,(H,20,21). The van der Waals surface area contributed by atoms with Crippen LogP contribution in [0.25, 0.3) is 0 Å². The van der Waals surface area contributed by atoms with Crippen LogP contribution >= 0.6 is 11.6 Å². The molecule has 0 saturated heterocycles. The highest BCUT2D eigenvalue weighted by atomic mass is 35.5. The van der Waals surface area contributed by atoms with Crippen LogP contribution in [0.2, 0.25) is 5.02 Å². The number of methoxy groups -OCH3 is 1. The third-order valence-corrected chi connectivity index (χ3v) is 3.58. The predicted molar refractivity (Wildman–Crippen MR) is 83.8 cm³/mol. The molecule has 1 N–H and O–H groups in total. The zero-order chi connectivity index (χ0) is 17.0. The molecule has 7 heteroatoms. The summed E-state index contributed by atoms with van der Waals surface area (Å²) in [6, 6.07) is 9.33. The summed E-state index contributed by atoms with van der Waals surface area (Å²) in [7, 11) is 1.30. The van der Waals surface area contributed by atoms with Crippen molar-refractivity contribution in [2.45, 2.75) is 13.5 Å². The minimum absolute atomic E-state index is 0.0424. The van der Waals surface area contributed by atoms with E-state index < -0.39 is 12.5 Å². The lowest BCUT2D eigenvalue weighted by Gasteiger charge is -2.15. The molecule has 0 bridgehead atoms. The Morgan fingerprint density at radius 2 is 1.91 bits per heavy atom. The van der Waals surface area contributed by atoms with Gasteiger partial charge in [0.25, 0.3) is 5.91 Å². The van der Waals surface area contributed by atoms with Gasteiger partial charge in [-0.15, -0.1) is 0 Å². The number of para-hydroxylation sites is 1. The summed E-state index contributed by atoms with van der Waals surface area (Å²) in [6.07, 6.45) is 0. The smallest absolute Gasteiger partial charge is 0.387 e. The Bertz CT molecular complexity index is 722. The summed E-state index contributed by atoms with van der Waals surface area (Å²) >= 11 is 6.00. The van der Waals surface area contributed by atoms with Crippen molar-refractivity contribution in [3.63, 3.8) is 0 Å². The third kappa shape index (κ3) is 3.90. The van der Waals surface area contributed by atoms with Crippen LogP contribution in [0, 0.1) is 6.92 Å². The Balaban J connectivity index is 2.37. The number of hydrogen-bond donors (Lipinski definition) is 1. The molecule has 23 heavy (non-hydrogen) atoms. The Morgan fingerprint density at radius 3 is 2.57 bits per heavy atom. The van der Waals surface area contributed by atoms with E-state index in [0.29, 0.717) is 16.3 Å². The molecular formula is C16H14ClF2NO3. The number of nitrogens with one attached hydrogen (secondary N) is 1. The second-order valence-electron chi connectivity index (χ2n) is 4.58. The molecule has 4 nitrogen and oxygen atoms in total. The van der Waals surface area contributed by atoms with Gasteiger partial charge in [0.2, 0.25) is 0 Å². The van der Waals surface area contributed by atoms with Gasteiger partial charge in [0.15, 0.2) is 11.5 Å². The number of ether oxygens (including phenoxy) is 2. The minimum Gasteiger partial charge on any atom is -0.493 e. The molecule has 0 aliphatic heterocycles. The van der Waals surface area contributed by atoms with Crippen molar-refractivity contribution in [2.75, 3.05) is 12.4 Å². The van der Waals surface area contributed by atoms with Crippen LogP contribution in [0.4, 0.5) is 14.5 Å². The fourth-order valence-electron chi connectivity index (χ4n) is 2.00. The van der Waals surface area contributed by atoms with E-state index >= 15 is 0 Å². The highest BCUT2D eigenvalue weighted by molar-refractivity contribution is 6.31. The van der Waals surface area contributed by atoms with Gasteiger partial charge in [0, 0.05) is 10.7 Å². The molecule has 0 fully saturated rings. The molecule has 0 spiro atoms. The van der Waals surface area contributed by atoms with Crippen molar-refractivity contribution in [2.24, 2.45) is 0 Å². The van der Waals surface area contributed by atoms with Crippen molar-refractivity contribution in [3.8, 4) is 11.5 Å². The SMILES string of the molecule is COc1cccc(C(=O)Nc2cccc(Cl)c2C)c1OC(F)F. The minimum atomic E-state index is -3.08. The Hall–Kier alpha value is -2.34. The molecule has 0 aliphatic carbocycles. The molecule has 0 aromatic heterocycles. The summed E-state index contributed by atoms with van der Waals surface area (Å²) in [6.45, 7) is -1.34. The van der Waals surface area contributed by atoms with Gasteiger partial charge in [-0.3, -0.25) is 4.79 Å². The van der Waals surface area contributed by atoms with Gasteiger partial charge in [-0.05, 0) is 36.8 Å². The van der Waals surface area contributed by atoms with Crippen LogP contribution in [0.1, 0.15) is 15.9 Å². The van der Waals surface area contributed by atoms with Crippen LogP contribution in [0.15, 0.2) is 36.4 Å². The quantitative estimate of drug-likeness (QED) is 0.870. The summed E-state index contributed by atoms with van der Waals surface area (Å²) in [5, 5.41) is 3.11. The van der Waals surface area contributed by atoms with Crippen LogP contribution in [-0.4, -0.2) is 19.6 Å². The van der Waals surface area contributed by atoms with Crippen molar-refractivity contribution in [1.82, 2.24) is 0 Å². The third-order valence-electron chi connectivity index (χ3n) is 3.17. The topological polar surface area (TPSA) is 47.6 Å². The number of carbonyl (C=O) groups is 1. The predicted octanol–water partition coefficient (Wildman–Crippen LogP) is 4.51. The van der Waals surface area contributed by atoms with Crippen molar-refractivity contribution >= 4 is 23.2 Å². The molecule has 0 radical (unpaired) electrons. The van der Waals surface area contributed by atoms with E-state index in [4.69, 9.17) is 16.3 Å². The lowest BCUT2D eigenvalue weighted by atomic mass is 10.1. The Kier molecular flexibility index (Phi) is 5.39.